The van der Waals surface area contributed by atoms with Crippen molar-refractivity contribution in [1.82, 2.24) is 20.1 Å². The van der Waals surface area contributed by atoms with Crippen molar-refractivity contribution in [1.29, 1.82) is 0 Å². The fourth-order valence-corrected chi connectivity index (χ4v) is 1.47. The van der Waals surface area contributed by atoms with Crippen molar-refractivity contribution in [2.75, 3.05) is 0 Å². The molecular formula is C7H9F3N4. The number of nitrogens with one attached hydrogen (secondary N) is 1. The second-order valence-electron chi connectivity index (χ2n) is 3.33. The summed E-state index contributed by atoms with van der Waals surface area (Å²) in [7, 11) is 0. The molecule has 0 radical (unpaired) electrons. The highest BCUT2D eigenvalue weighted by molar-refractivity contribution is 5.02. The minimum atomic E-state index is -4.41. The Bertz CT molecular complexity index is 343. The molecule has 0 aromatic carbocycles. The molecule has 14 heavy (non-hydrogen) atoms. The minimum absolute atomic E-state index is 0.0135. The van der Waals surface area contributed by atoms with Crippen LogP contribution in [-0.2, 0) is 19.3 Å². The maximum Gasteiger partial charge on any atom is 0.451 e. The van der Waals surface area contributed by atoms with Crippen LogP contribution in [0.1, 0.15) is 18.6 Å². The molecule has 4 nitrogen and oxygen atoms in total. The zero-order valence-corrected chi connectivity index (χ0v) is 7.47. The van der Waals surface area contributed by atoms with Gasteiger partial charge in [0.2, 0.25) is 5.82 Å². The van der Waals surface area contributed by atoms with E-state index in [1.54, 1.807) is 0 Å². The van der Waals surface area contributed by atoms with E-state index < -0.39 is 12.0 Å². The third-order valence-corrected chi connectivity index (χ3v) is 2.15. The van der Waals surface area contributed by atoms with E-state index in [9.17, 15) is 13.2 Å². The summed E-state index contributed by atoms with van der Waals surface area (Å²) in [6.07, 6.45) is -4.41. The number of rotatable bonds is 0. The van der Waals surface area contributed by atoms with Gasteiger partial charge >= 0.3 is 6.18 Å². The largest absolute Gasteiger partial charge is 0.451 e. The molecule has 1 N–H and O–H groups in total. The molecule has 1 aliphatic rings. The summed E-state index contributed by atoms with van der Waals surface area (Å²) in [6.45, 7) is 2.42. The van der Waals surface area contributed by atoms with Crippen LogP contribution < -0.4 is 5.32 Å². The first kappa shape index (κ1) is 9.45. The van der Waals surface area contributed by atoms with E-state index in [-0.39, 0.29) is 12.6 Å². The van der Waals surface area contributed by atoms with E-state index in [4.69, 9.17) is 0 Å². The summed E-state index contributed by atoms with van der Waals surface area (Å²) in [5.74, 6) is -0.559. The third kappa shape index (κ3) is 1.47. The molecule has 2 heterocycles. The smallest absolute Gasteiger partial charge is 0.306 e. The molecular weight excluding hydrogens is 197 g/mol. The lowest BCUT2D eigenvalue weighted by Gasteiger charge is -2.22. The van der Waals surface area contributed by atoms with Gasteiger partial charge in [0, 0.05) is 12.6 Å². The van der Waals surface area contributed by atoms with E-state index in [2.05, 4.69) is 15.5 Å². The summed E-state index contributed by atoms with van der Waals surface area (Å²) in [5, 5.41) is 9.65. The molecule has 0 spiro atoms. The highest BCUT2D eigenvalue weighted by Crippen LogP contribution is 2.28. The predicted octanol–water partition coefficient (Wildman–Crippen LogP) is 0.789. The molecule has 2 rings (SSSR count). The van der Waals surface area contributed by atoms with Gasteiger partial charge in [-0.1, -0.05) is 0 Å². The molecule has 0 aliphatic carbocycles. The lowest BCUT2D eigenvalue weighted by atomic mass is 10.2. The Balaban J connectivity index is 2.41. The van der Waals surface area contributed by atoms with Gasteiger partial charge in [-0.05, 0) is 6.92 Å². The van der Waals surface area contributed by atoms with Crippen LogP contribution in [0.4, 0.5) is 13.2 Å². The van der Waals surface area contributed by atoms with Crippen LogP contribution in [0.5, 0.6) is 0 Å². The monoisotopic (exact) mass is 206 g/mol. The third-order valence-electron chi connectivity index (χ3n) is 2.15. The highest BCUT2D eigenvalue weighted by Gasteiger charge is 2.39. The predicted molar refractivity (Wildman–Crippen MR) is 41.3 cm³/mol. The average molecular weight is 206 g/mol. The summed E-state index contributed by atoms with van der Waals surface area (Å²) >= 11 is 0. The molecule has 0 bridgehead atoms. The molecule has 0 saturated heterocycles. The number of halogens is 3. The topological polar surface area (TPSA) is 42.7 Å². The van der Waals surface area contributed by atoms with E-state index in [0.717, 1.165) is 4.57 Å². The Morgan fingerprint density at radius 2 is 2.14 bits per heavy atom. The van der Waals surface area contributed by atoms with Crippen LogP contribution in [0.3, 0.4) is 0 Å². The number of nitrogens with zero attached hydrogens (tertiary/aromatic N) is 3. The molecule has 78 valence electrons. The van der Waals surface area contributed by atoms with Crippen molar-refractivity contribution in [2.45, 2.75) is 32.2 Å². The molecule has 1 atom stereocenters. The first-order chi connectivity index (χ1) is 6.48. The fraction of sp³-hybridized carbons (Fsp3) is 0.714. The Kier molecular flexibility index (Phi) is 1.99. The molecule has 1 aromatic heterocycles. The van der Waals surface area contributed by atoms with Gasteiger partial charge < -0.3 is 9.88 Å². The van der Waals surface area contributed by atoms with Crippen molar-refractivity contribution in [3.8, 4) is 0 Å². The second kappa shape index (κ2) is 2.94. The zero-order chi connectivity index (χ0) is 10.3. The van der Waals surface area contributed by atoms with E-state index in [1.165, 1.54) is 0 Å². The number of aromatic nitrogens is 3. The Morgan fingerprint density at radius 3 is 2.79 bits per heavy atom. The Morgan fingerprint density at radius 1 is 1.43 bits per heavy atom. The van der Waals surface area contributed by atoms with Crippen molar-refractivity contribution in [3.05, 3.63) is 11.6 Å². The van der Waals surface area contributed by atoms with Crippen LogP contribution in [0.15, 0.2) is 0 Å². The first-order valence-corrected chi connectivity index (χ1v) is 4.21. The maximum absolute atomic E-state index is 12.4. The summed E-state index contributed by atoms with van der Waals surface area (Å²) in [4.78, 5) is 0. The van der Waals surface area contributed by atoms with Gasteiger partial charge in [-0.2, -0.15) is 13.2 Å². The van der Waals surface area contributed by atoms with E-state index in [0.29, 0.717) is 12.4 Å². The van der Waals surface area contributed by atoms with Gasteiger partial charge in [-0.15, -0.1) is 10.2 Å². The number of fused-ring (bicyclic) bond motifs is 1. The molecule has 1 aliphatic heterocycles. The van der Waals surface area contributed by atoms with Crippen LogP contribution in [0, 0.1) is 0 Å². The van der Waals surface area contributed by atoms with E-state index >= 15 is 0 Å². The summed E-state index contributed by atoms with van der Waals surface area (Å²) in [6, 6.07) is 0.0135. The van der Waals surface area contributed by atoms with Crippen molar-refractivity contribution < 1.29 is 13.2 Å². The van der Waals surface area contributed by atoms with Gasteiger partial charge in [0.25, 0.3) is 0 Å². The minimum Gasteiger partial charge on any atom is -0.306 e. The van der Waals surface area contributed by atoms with Gasteiger partial charge in [-0.25, -0.2) is 0 Å². The lowest BCUT2D eigenvalue weighted by molar-refractivity contribution is -0.147. The summed E-state index contributed by atoms with van der Waals surface area (Å²) < 4.78 is 38.3. The Hall–Kier alpha value is -1.11. The fourth-order valence-electron chi connectivity index (χ4n) is 1.47. The van der Waals surface area contributed by atoms with Crippen LogP contribution in [-0.4, -0.2) is 20.8 Å². The van der Waals surface area contributed by atoms with Gasteiger partial charge in [0.15, 0.2) is 0 Å². The van der Waals surface area contributed by atoms with Crippen molar-refractivity contribution in [2.24, 2.45) is 0 Å². The molecule has 0 saturated carbocycles. The van der Waals surface area contributed by atoms with Gasteiger partial charge in [0.05, 0.1) is 6.54 Å². The average Bonchev–Trinajstić information content (AvgIpc) is 2.45. The van der Waals surface area contributed by atoms with Crippen molar-refractivity contribution >= 4 is 0 Å². The standard InChI is InChI=1S/C7H9F3N4/c1-4-3-14-5(2-11-4)12-13-6(14)7(8,9)10/h4,11H,2-3H2,1H3. The number of alkyl halides is 3. The van der Waals surface area contributed by atoms with Gasteiger partial charge in [-0.3, -0.25) is 0 Å². The quantitative estimate of drug-likeness (QED) is 0.682. The van der Waals surface area contributed by atoms with Crippen molar-refractivity contribution in [3.63, 3.8) is 0 Å². The van der Waals surface area contributed by atoms with Crippen LogP contribution in [0.25, 0.3) is 0 Å². The van der Waals surface area contributed by atoms with E-state index in [1.807, 2.05) is 6.92 Å². The molecule has 7 heteroatoms. The molecule has 0 amide bonds. The molecule has 0 fully saturated rings. The SMILES string of the molecule is CC1Cn2c(nnc2C(F)(F)F)CN1. The normalized spacial score (nSPS) is 22.1. The second-order valence-corrected chi connectivity index (χ2v) is 3.33. The highest BCUT2D eigenvalue weighted by atomic mass is 19.4. The molecule has 1 unspecified atom stereocenters. The Labute approximate surface area is 78.1 Å². The van der Waals surface area contributed by atoms with Crippen LogP contribution in [0.2, 0.25) is 0 Å². The number of hydrogen-bond acceptors (Lipinski definition) is 3. The van der Waals surface area contributed by atoms with Gasteiger partial charge in [0.1, 0.15) is 5.82 Å². The van der Waals surface area contributed by atoms with Crippen LogP contribution >= 0.6 is 0 Å². The summed E-state index contributed by atoms with van der Waals surface area (Å²) in [5.41, 5.74) is 0. The zero-order valence-electron chi connectivity index (χ0n) is 7.47. The number of hydrogen-bond donors (Lipinski definition) is 1. The lowest BCUT2D eigenvalue weighted by Crippen LogP contribution is -2.38. The first-order valence-electron chi connectivity index (χ1n) is 4.21. The maximum atomic E-state index is 12.4. The molecule has 1 aromatic rings.